The summed E-state index contributed by atoms with van der Waals surface area (Å²) in [5, 5.41) is 8.30. The molecule has 1 aliphatic rings. The van der Waals surface area contributed by atoms with Gasteiger partial charge in [-0.15, -0.1) is 0 Å². The van der Waals surface area contributed by atoms with Crippen LogP contribution < -0.4 is 15.2 Å². The Morgan fingerprint density at radius 2 is 2.06 bits per heavy atom. The molecule has 18 heavy (non-hydrogen) atoms. The Labute approximate surface area is 108 Å². The first kappa shape index (κ1) is 13.2. The number of benzene rings is 1. The topological polar surface area (TPSA) is 84.2 Å². The lowest BCUT2D eigenvalue weighted by molar-refractivity contribution is 0.603. The Hall–Kier alpha value is -1.27. The van der Waals surface area contributed by atoms with Crippen molar-refractivity contribution in [3.8, 4) is 0 Å². The first-order valence-corrected chi connectivity index (χ1v) is 7.64. The van der Waals surface area contributed by atoms with Gasteiger partial charge in [-0.05, 0) is 37.5 Å². The summed E-state index contributed by atoms with van der Waals surface area (Å²) in [7, 11) is -3.71. The molecule has 1 fully saturated rings. The van der Waals surface area contributed by atoms with Gasteiger partial charge in [0.05, 0.1) is 5.69 Å². The third-order valence-electron chi connectivity index (χ3n) is 2.92. The fourth-order valence-corrected chi connectivity index (χ4v) is 2.49. The molecule has 1 aromatic carbocycles. The standard InChI is InChI=1S/C12H19N3O2S/c1-9(7-10-5-6-10)14-11-3-2-4-12(8-11)15-18(13,16)17/h2-4,8-10,14-15H,5-7H2,1H3,(H2,13,16,17). The minimum atomic E-state index is -3.71. The minimum Gasteiger partial charge on any atom is -0.383 e. The molecule has 1 atom stereocenters. The van der Waals surface area contributed by atoms with Crippen LogP contribution >= 0.6 is 0 Å². The summed E-state index contributed by atoms with van der Waals surface area (Å²) >= 11 is 0. The van der Waals surface area contributed by atoms with E-state index in [1.54, 1.807) is 18.2 Å². The van der Waals surface area contributed by atoms with Crippen LogP contribution in [0.25, 0.3) is 0 Å². The van der Waals surface area contributed by atoms with E-state index in [1.807, 2.05) is 6.07 Å². The molecule has 0 aromatic heterocycles. The molecule has 5 nitrogen and oxygen atoms in total. The molecule has 1 aromatic rings. The van der Waals surface area contributed by atoms with Crippen molar-refractivity contribution in [3.63, 3.8) is 0 Å². The minimum absolute atomic E-state index is 0.391. The second-order valence-corrected chi connectivity index (χ2v) is 6.25. The van der Waals surface area contributed by atoms with Gasteiger partial charge in [0, 0.05) is 11.7 Å². The largest absolute Gasteiger partial charge is 0.383 e. The van der Waals surface area contributed by atoms with Crippen LogP contribution in [0.3, 0.4) is 0 Å². The molecule has 0 saturated heterocycles. The summed E-state index contributed by atoms with van der Waals surface area (Å²) in [6, 6.07) is 7.51. The molecule has 0 radical (unpaired) electrons. The average Bonchev–Trinajstić information content (AvgIpc) is 2.98. The molecule has 0 heterocycles. The van der Waals surface area contributed by atoms with Gasteiger partial charge in [0.2, 0.25) is 0 Å². The quantitative estimate of drug-likeness (QED) is 0.737. The number of rotatable bonds is 6. The molecule has 1 saturated carbocycles. The molecular weight excluding hydrogens is 250 g/mol. The van der Waals surface area contributed by atoms with Crippen LogP contribution in [0.1, 0.15) is 26.2 Å². The van der Waals surface area contributed by atoms with Crippen LogP contribution in [-0.4, -0.2) is 14.5 Å². The third kappa shape index (κ3) is 4.54. The van der Waals surface area contributed by atoms with E-state index in [2.05, 4.69) is 17.0 Å². The van der Waals surface area contributed by atoms with Gasteiger partial charge in [-0.3, -0.25) is 4.72 Å². The van der Waals surface area contributed by atoms with Gasteiger partial charge in [0.15, 0.2) is 0 Å². The Morgan fingerprint density at radius 1 is 1.39 bits per heavy atom. The number of hydrogen-bond donors (Lipinski definition) is 3. The molecule has 1 unspecified atom stereocenters. The smallest absolute Gasteiger partial charge is 0.296 e. The van der Waals surface area contributed by atoms with Gasteiger partial charge in [-0.25, -0.2) is 5.14 Å². The lowest BCUT2D eigenvalue weighted by atomic mass is 10.1. The van der Waals surface area contributed by atoms with Crippen molar-refractivity contribution < 1.29 is 8.42 Å². The maximum atomic E-state index is 10.9. The van der Waals surface area contributed by atoms with E-state index in [0.717, 1.165) is 18.0 Å². The van der Waals surface area contributed by atoms with Crippen LogP contribution in [0.4, 0.5) is 11.4 Å². The molecule has 4 N–H and O–H groups in total. The van der Waals surface area contributed by atoms with Crippen LogP contribution in [0.15, 0.2) is 24.3 Å². The highest BCUT2D eigenvalue weighted by Crippen LogP contribution is 2.34. The number of anilines is 2. The van der Waals surface area contributed by atoms with Crippen LogP contribution in [-0.2, 0) is 10.2 Å². The van der Waals surface area contributed by atoms with Gasteiger partial charge in [0.1, 0.15) is 0 Å². The highest BCUT2D eigenvalue weighted by atomic mass is 32.2. The van der Waals surface area contributed by atoms with Crippen molar-refractivity contribution in [2.45, 2.75) is 32.2 Å². The highest BCUT2D eigenvalue weighted by molar-refractivity contribution is 7.90. The Kier molecular flexibility index (Phi) is 3.77. The van der Waals surface area contributed by atoms with E-state index in [9.17, 15) is 8.42 Å². The van der Waals surface area contributed by atoms with Crippen molar-refractivity contribution in [3.05, 3.63) is 24.3 Å². The predicted octanol–water partition coefficient (Wildman–Crippen LogP) is 1.90. The Bertz CT molecular complexity index is 512. The monoisotopic (exact) mass is 269 g/mol. The van der Waals surface area contributed by atoms with E-state index >= 15 is 0 Å². The van der Waals surface area contributed by atoms with Crippen molar-refractivity contribution in [2.75, 3.05) is 10.0 Å². The zero-order chi connectivity index (χ0) is 13.2. The summed E-state index contributed by atoms with van der Waals surface area (Å²) < 4.78 is 24.1. The van der Waals surface area contributed by atoms with Crippen molar-refractivity contribution in [2.24, 2.45) is 11.1 Å². The summed E-state index contributed by atoms with van der Waals surface area (Å²) in [5.74, 6) is 0.859. The predicted molar refractivity (Wildman–Crippen MR) is 73.6 cm³/mol. The Morgan fingerprint density at radius 3 is 2.67 bits per heavy atom. The summed E-state index contributed by atoms with van der Waals surface area (Å²) in [5.41, 5.74) is 1.37. The second kappa shape index (κ2) is 5.16. The van der Waals surface area contributed by atoms with Gasteiger partial charge >= 0.3 is 0 Å². The summed E-state index contributed by atoms with van der Waals surface area (Å²) in [6.07, 6.45) is 3.82. The van der Waals surface area contributed by atoms with Gasteiger partial charge in [-0.1, -0.05) is 18.9 Å². The number of nitrogens with one attached hydrogen (secondary N) is 2. The molecule has 2 rings (SSSR count). The molecule has 0 amide bonds. The first-order valence-electron chi connectivity index (χ1n) is 6.09. The third-order valence-corrected chi connectivity index (χ3v) is 3.44. The normalized spacial score (nSPS) is 17.2. The second-order valence-electron chi connectivity index (χ2n) is 4.95. The van der Waals surface area contributed by atoms with Crippen molar-refractivity contribution in [1.82, 2.24) is 0 Å². The van der Waals surface area contributed by atoms with Gasteiger partial charge < -0.3 is 5.32 Å². The van der Waals surface area contributed by atoms with E-state index in [-0.39, 0.29) is 0 Å². The highest BCUT2D eigenvalue weighted by Gasteiger charge is 2.23. The first-order chi connectivity index (χ1) is 8.42. The SMILES string of the molecule is CC(CC1CC1)Nc1cccc(NS(N)(=O)=O)c1. The fourth-order valence-electron chi connectivity index (χ4n) is 2.03. The summed E-state index contributed by atoms with van der Waals surface area (Å²) in [6.45, 7) is 2.14. The summed E-state index contributed by atoms with van der Waals surface area (Å²) in [4.78, 5) is 0. The maximum absolute atomic E-state index is 10.9. The zero-order valence-electron chi connectivity index (χ0n) is 10.4. The Balaban J connectivity index is 1.97. The number of nitrogens with two attached hydrogens (primary N) is 1. The molecule has 1 aliphatic carbocycles. The number of hydrogen-bond acceptors (Lipinski definition) is 3. The van der Waals surface area contributed by atoms with Crippen molar-refractivity contribution in [1.29, 1.82) is 0 Å². The van der Waals surface area contributed by atoms with E-state index in [4.69, 9.17) is 5.14 Å². The molecule has 0 aliphatic heterocycles. The van der Waals surface area contributed by atoms with E-state index in [0.29, 0.717) is 11.7 Å². The van der Waals surface area contributed by atoms with Gasteiger partial charge in [0.25, 0.3) is 10.2 Å². The molecule has 0 spiro atoms. The van der Waals surface area contributed by atoms with Crippen molar-refractivity contribution >= 4 is 21.6 Å². The maximum Gasteiger partial charge on any atom is 0.296 e. The lowest BCUT2D eigenvalue weighted by Gasteiger charge is -2.15. The van der Waals surface area contributed by atoms with Crippen LogP contribution in [0.5, 0.6) is 0 Å². The van der Waals surface area contributed by atoms with Crippen LogP contribution in [0, 0.1) is 5.92 Å². The van der Waals surface area contributed by atoms with Crippen LogP contribution in [0.2, 0.25) is 0 Å². The molecule has 0 bridgehead atoms. The average molecular weight is 269 g/mol. The fraction of sp³-hybridized carbons (Fsp3) is 0.500. The molecular formula is C12H19N3O2S. The van der Waals surface area contributed by atoms with E-state index in [1.165, 1.54) is 12.8 Å². The van der Waals surface area contributed by atoms with Gasteiger partial charge in [-0.2, -0.15) is 8.42 Å². The molecule has 100 valence electrons. The molecule has 6 heteroatoms. The van der Waals surface area contributed by atoms with E-state index < -0.39 is 10.2 Å². The lowest BCUT2D eigenvalue weighted by Crippen LogP contribution is -2.22. The zero-order valence-corrected chi connectivity index (χ0v) is 11.2.